The van der Waals surface area contributed by atoms with Gasteiger partial charge >= 0.3 is 6.18 Å². The van der Waals surface area contributed by atoms with Crippen LogP contribution in [-0.4, -0.2) is 25.0 Å². The maximum Gasteiger partial charge on any atom is 0.454 e. The van der Waals surface area contributed by atoms with Crippen molar-refractivity contribution < 1.29 is 18.0 Å². The summed E-state index contributed by atoms with van der Waals surface area (Å²) in [5.41, 5.74) is 0. The number of alkyl halides is 3. The average molecular weight is 181 g/mol. The molecular weight excluding hydrogens is 171 g/mol. The lowest BCUT2D eigenvalue weighted by atomic mass is 10.3. The van der Waals surface area contributed by atoms with Gasteiger partial charge < -0.3 is 5.32 Å². The number of ketones is 1. The molecule has 0 atom stereocenters. The monoisotopic (exact) mass is 181 g/mol. The Labute approximate surface area is 68.4 Å². The normalized spacial score (nSPS) is 12.3. The van der Waals surface area contributed by atoms with Crippen molar-refractivity contribution in [3.05, 3.63) is 12.2 Å². The zero-order valence-corrected chi connectivity index (χ0v) is 6.61. The average Bonchev–Trinajstić information content (AvgIpc) is 1.96. The number of halogens is 3. The minimum absolute atomic E-state index is 0.276. The highest BCUT2D eigenvalue weighted by molar-refractivity contribution is 5.94. The van der Waals surface area contributed by atoms with Gasteiger partial charge in [-0.15, -0.1) is 0 Å². The highest BCUT2D eigenvalue weighted by atomic mass is 19.4. The number of allylic oxidation sites excluding steroid dienone is 1. The van der Waals surface area contributed by atoms with Crippen molar-refractivity contribution in [3.63, 3.8) is 0 Å². The zero-order valence-electron chi connectivity index (χ0n) is 6.61. The minimum Gasteiger partial charge on any atom is -0.314 e. The summed E-state index contributed by atoms with van der Waals surface area (Å²) in [6, 6.07) is 0. The Morgan fingerprint density at radius 1 is 1.50 bits per heavy atom. The Kier molecular flexibility index (Phi) is 4.58. The summed E-state index contributed by atoms with van der Waals surface area (Å²) in [6.07, 6.45) is -3.06. The van der Waals surface area contributed by atoms with Crippen LogP contribution in [0, 0.1) is 0 Å². The van der Waals surface area contributed by atoms with Crippen LogP contribution in [0.1, 0.15) is 6.92 Å². The molecule has 5 heteroatoms. The van der Waals surface area contributed by atoms with E-state index in [1.807, 2.05) is 6.92 Å². The molecule has 0 amide bonds. The molecule has 0 aromatic heterocycles. The fraction of sp³-hybridized carbons (Fsp3) is 0.571. The van der Waals surface area contributed by atoms with E-state index in [2.05, 4.69) is 5.32 Å². The summed E-state index contributed by atoms with van der Waals surface area (Å²) in [7, 11) is 0. The highest BCUT2D eigenvalue weighted by Crippen LogP contribution is 2.15. The van der Waals surface area contributed by atoms with Crippen molar-refractivity contribution in [2.45, 2.75) is 13.1 Å². The number of likely N-dealkylation sites (N-methyl/N-ethyl adjacent to an activating group) is 1. The number of carbonyl (C=O) groups excluding carboxylic acids is 1. The third kappa shape index (κ3) is 4.90. The van der Waals surface area contributed by atoms with Crippen LogP contribution in [0.3, 0.4) is 0 Å². The van der Waals surface area contributed by atoms with Crippen LogP contribution in [0.15, 0.2) is 12.2 Å². The maximum absolute atomic E-state index is 11.5. The number of rotatable bonds is 4. The van der Waals surface area contributed by atoms with Crippen LogP contribution in [0.25, 0.3) is 0 Å². The Hall–Kier alpha value is -0.840. The van der Waals surface area contributed by atoms with E-state index in [4.69, 9.17) is 0 Å². The number of hydrogen-bond donors (Lipinski definition) is 1. The van der Waals surface area contributed by atoms with Crippen molar-refractivity contribution >= 4 is 5.78 Å². The van der Waals surface area contributed by atoms with E-state index in [1.54, 1.807) is 0 Å². The van der Waals surface area contributed by atoms with Gasteiger partial charge in [-0.1, -0.05) is 13.0 Å². The molecule has 0 bridgehead atoms. The second-order valence-corrected chi connectivity index (χ2v) is 2.07. The Bertz CT molecular complexity index is 174. The standard InChI is InChI=1S/C7H10F3NO/c1-2-11-5-3-4-6(12)7(8,9)10/h3-4,11H,2,5H2,1H3. The molecule has 0 rings (SSSR count). The van der Waals surface area contributed by atoms with Gasteiger partial charge in [0.1, 0.15) is 0 Å². The quantitative estimate of drug-likeness (QED) is 0.523. The summed E-state index contributed by atoms with van der Waals surface area (Å²) in [5.74, 6) is -1.82. The van der Waals surface area contributed by atoms with Gasteiger partial charge in [0.2, 0.25) is 0 Å². The maximum atomic E-state index is 11.5. The van der Waals surface area contributed by atoms with Gasteiger partial charge in [0.15, 0.2) is 0 Å². The lowest BCUT2D eigenvalue weighted by Gasteiger charge is -1.99. The van der Waals surface area contributed by atoms with E-state index in [-0.39, 0.29) is 6.54 Å². The number of hydrogen-bond acceptors (Lipinski definition) is 2. The number of nitrogens with one attached hydrogen (secondary N) is 1. The highest BCUT2D eigenvalue weighted by Gasteiger charge is 2.35. The first-order valence-corrected chi connectivity index (χ1v) is 3.47. The van der Waals surface area contributed by atoms with E-state index >= 15 is 0 Å². The van der Waals surface area contributed by atoms with E-state index in [9.17, 15) is 18.0 Å². The summed E-state index contributed by atoms with van der Waals surface area (Å²) in [5, 5.41) is 2.75. The molecule has 0 heterocycles. The minimum atomic E-state index is -4.75. The molecule has 0 aliphatic heterocycles. The first-order chi connectivity index (χ1) is 5.48. The molecule has 0 aliphatic rings. The van der Waals surface area contributed by atoms with Crippen molar-refractivity contribution in [2.24, 2.45) is 0 Å². The summed E-state index contributed by atoms with van der Waals surface area (Å²) in [6.45, 7) is 2.75. The molecule has 0 saturated carbocycles. The van der Waals surface area contributed by atoms with Crippen molar-refractivity contribution in [3.8, 4) is 0 Å². The smallest absolute Gasteiger partial charge is 0.314 e. The SMILES string of the molecule is CCNCC=CC(=O)C(F)(F)F. The topological polar surface area (TPSA) is 29.1 Å². The fourth-order valence-electron chi connectivity index (χ4n) is 0.488. The van der Waals surface area contributed by atoms with E-state index < -0.39 is 12.0 Å². The van der Waals surface area contributed by atoms with Crippen molar-refractivity contribution in [1.29, 1.82) is 0 Å². The van der Waals surface area contributed by atoms with Crippen LogP contribution in [0.4, 0.5) is 13.2 Å². The largest absolute Gasteiger partial charge is 0.454 e. The van der Waals surface area contributed by atoms with Crippen LogP contribution in [0.2, 0.25) is 0 Å². The predicted octanol–water partition coefficient (Wildman–Crippen LogP) is 1.28. The van der Waals surface area contributed by atoms with Crippen LogP contribution in [0.5, 0.6) is 0 Å². The van der Waals surface area contributed by atoms with E-state index in [1.165, 1.54) is 0 Å². The Morgan fingerprint density at radius 2 is 2.08 bits per heavy atom. The van der Waals surface area contributed by atoms with Crippen LogP contribution in [-0.2, 0) is 4.79 Å². The molecule has 0 radical (unpaired) electrons. The second-order valence-electron chi connectivity index (χ2n) is 2.07. The molecule has 1 N–H and O–H groups in total. The van der Waals surface area contributed by atoms with Gasteiger partial charge in [-0.05, 0) is 12.6 Å². The van der Waals surface area contributed by atoms with Gasteiger partial charge in [0.25, 0.3) is 5.78 Å². The van der Waals surface area contributed by atoms with Gasteiger partial charge in [0, 0.05) is 6.54 Å². The second kappa shape index (κ2) is 4.92. The molecule has 2 nitrogen and oxygen atoms in total. The molecule has 70 valence electrons. The zero-order chi connectivity index (χ0) is 9.61. The Balaban J connectivity index is 3.77. The first kappa shape index (κ1) is 11.2. The molecule has 0 fully saturated rings. The first-order valence-electron chi connectivity index (χ1n) is 3.47. The van der Waals surface area contributed by atoms with Crippen LogP contribution < -0.4 is 5.32 Å². The summed E-state index contributed by atoms with van der Waals surface area (Å²) in [4.78, 5) is 10.2. The summed E-state index contributed by atoms with van der Waals surface area (Å²) < 4.78 is 34.6. The fourth-order valence-corrected chi connectivity index (χ4v) is 0.488. The molecule has 0 saturated heterocycles. The molecule has 0 unspecified atom stereocenters. The lowest BCUT2D eigenvalue weighted by Crippen LogP contribution is -2.20. The van der Waals surface area contributed by atoms with Gasteiger partial charge in [-0.25, -0.2) is 0 Å². The molecule has 0 aromatic rings. The van der Waals surface area contributed by atoms with Gasteiger partial charge in [0.05, 0.1) is 0 Å². The Morgan fingerprint density at radius 3 is 2.50 bits per heavy atom. The molecule has 0 aromatic carbocycles. The molecule has 0 aliphatic carbocycles. The van der Waals surface area contributed by atoms with Gasteiger partial charge in [-0.3, -0.25) is 4.79 Å². The summed E-state index contributed by atoms with van der Waals surface area (Å²) >= 11 is 0. The third-order valence-electron chi connectivity index (χ3n) is 1.06. The van der Waals surface area contributed by atoms with E-state index in [0.717, 1.165) is 6.08 Å². The molecule has 12 heavy (non-hydrogen) atoms. The van der Waals surface area contributed by atoms with E-state index in [0.29, 0.717) is 12.6 Å². The number of carbonyl (C=O) groups is 1. The predicted molar refractivity (Wildman–Crippen MR) is 38.7 cm³/mol. The molecule has 0 spiro atoms. The van der Waals surface area contributed by atoms with Crippen molar-refractivity contribution in [2.75, 3.05) is 13.1 Å². The lowest BCUT2D eigenvalue weighted by molar-refractivity contribution is -0.165. The van der Waals surface area contributed by atoms with Crippen LogP contribution >= 0.6 is 0 Å². The van der Waals surface area contributed by atoms with Gasteiger partial charge in [-0.2, -0.15) is 13.2 Å². The third-order valence-corrected chi connectivity index (χ3v) is 1.06. The molecular formula is C7H10F3NO. The van der Waals surface area contributed by atoms with Crippen molar-refractivity contribution in [1.82, 2.24) is 5.32 Å².